The maximum Gasteiger partial charge on any atom is 0.321 e. The monoisotopic (exact) mass is 302 g/mol. The summed E-state index contributed by atoms with van der Waals surface area (Å²) in [5.74, 6) is -1.31. The van der Waals surface area contributed by atoms with Gasteiger partial charge in [-0.05, 0) is 11.3 Å². The fourth-order valence-corrected chi connectivity index (χ4v) is 1.86. The van der Waals surface area contributed by atoms with Crippen LogP contribution in [0.5, 0.6) is 0 Å². The van der Waals surface area contributed by atoms with Crippen molar-refractivity contribution >= 4 is 17.9 Å². The van der Waals surface area contributed by atoms with Gasteiger partial charge in [-0.1, -0.05) is 27.7 Å². The molecule has 1 atom stereocenters. The van der Waals surface area contributed by atoms with Crippen LogP contribution < -0.4 is 10.6 Å². The molecule has 122 valence electrons. The summed E-state index contributed by atoms with van der Waals surface area (Å²) in [5.41, 5.74) is -0.708. The van der Waals surface area contributed by atoms with E-state index < -0.39 is 23.3 Å². The molecule has 0 aliphatic heterocycles. The number of imide groups is 1. The summed E-state index contributed by atoms with van der Waals surface area (Å²) in [6.07, 6.45) is -0.177. The number of methoxy groups -OCH3 is 1. The summed E-state index contributed by atoms with van der Waals surface area (Å²) in [5, 5.41) is 13.6. The highest BCUT2D eigenvalue weighted by atomic mass is 16.5. The summed E-state index contributed by atoms with van der Waals surface area (Å²) < 4.78 is 5.00. The molecular formula is C14H26N2O5. The Balaban J connectivity index is 4.38. The number of aliphatic carboxylic acids is 1. The van der Waals surface area contributed by atoms with Crippen LogP contribution >= 0.6 is 0 Å². The first-order chi connectivity index (χ1) is 9.57. The molecule has 3 N–H and O–H groups in total. The van der Waals surface area contributed by atoms with Gasteiger partial charge >= 0.3 is 12.0 Å². The van der Waals surface area contributed by atoms with E-state index in [0.717, 1.165) is 0 Å². The lowest BCUT2D eigenvalue weighted by Crippen LogP contribution is -2.48. The van der Waals surface area contributed by atoms with Crippen LogP contribution in [0.4, 0.5) is 4.79 Å². The summed E-state index contributed by atoms with van der Waals surface area (Å²) in [6.45, 7) is 7.55. The number of hydrogen-bond donors (Lipinski definition) is 3. The molecule has 0 saturated carbocycles. The number of urea groups is 1. The molecule has 7 heteroatoms. The average molecular weight is 302 g/mol. The molecule has 3 amide bonds. The molecular weight excluding hydrogens is 276 g/mol. The van der Waals surface area contributed by atoms with Gasteiger partial charge in [0.1, 0.15) is 0 Å². The van der Waals surface area contributed by atoms with Gasteiger partial charge in [-0.15, -0.1) is 0 Å². The molecule has 7 nitrogen and oxygen atoms in total. The van der Waals surface area contributed by atoms with Crippen molar-refractivity contribution in [1.29, 1.82) is 0 Å². The van der Waals surface area contributed by atoms with Crippen LogP contribution in [0, 0.1) is 11.3 Å². The highest BCUT2D eigenvalue weighted by Crippen LogP contribution is 2.24. The minimum absolute atomic E-state index is 0.0384. The minimum Gasteiger partial charge on any atom is -0.481 e. The van der Waals surface area contributed by atoms with Gasteiger partial charge in [0.15, 0.2) is 0 Å². The van der Waals surface area contributed by atoms with Crippen LogP contribution in [0.2, 0.25) is 0 Å². The Bertz CT molecular complexity index is 380. The number of amides is 3. The number of rotatable bonds is 8. The van der Waals surface area contributed by atoms with E-state index >= 15 is 0 Å². The van der Waals surface area contributed by atoms with Crippen molar-refractivity contribution in [2.45, 2.75) is 46.6 Å². The standard InChI is InChI=1S/C14H26N2O5/c1-9(2)10(8-21-5)15-13(20)16-11(17)6-14(3,4)7-12(18)19/h9-10H,6-8H2,1-5H3,(H,18,19)(H2,15,16,17,20). The van der Waals surface area contributed by atoms with Gasteiger partial charge < -0.3 is 15.2 Å². The molecule has 0 spiro atoms. The van der Waals surface area contributed by atoms with Gasteiger partial charge in [0.25, 0.3) is 0 Å². The Hall–Kier alpha value is -1.63. The molecule has 0 radical (unpaired) electrons. The van der Waals surface area contributed by atoms with E-state index in [1.807, 2.05) is 13.8 Å². The van der Waals surface area contributed by atoms with Gasteiger partial charge in [-0.25, -0.2) is 4.79 Å². The highest BCUT2D eigenvalue weighted by Gasteiger charge is 2.26. The zero-order valence-electron chi connectivity index (χ0n) is 13.4. The van der Waals surface area contributed by atoms with Gasteiger partial charge in [0.05, 0.1) is 19.1 Å². The number of ether oxygens (including phenoxy) is 1. The van der Waals surface area contributed by atoms with Gasteiger partial charge in [0, 0.05) is 13.5 Å². The third-order valence-corrected chi connectivity index (χ3v) is 2.99. The number of carboxylic acids is 1. The van der Waals surface area contributed by atoms with Crippen molar-refractivity contribution in [1.82, 2.24) is 10.6 Å². The SMILES string of the molecule is COCC(NC(=O)NC(=O)CC(C)(C)CC(=O)O)C(C)C. The Kier molecular flexibility index (Phi) is 7.94. The first kappa shape index (κ1) is 19.4. The number of carboxylic acid groups (broad SMARTS) is 1. The Morgan fingerprint density at radius 1 is 1.19 bits per heavy atom. The summed E-state index contributed by atoms with van der Waals surface area (Å²) in [7, 11) is 1.54. The molecule has 0 aromatic carbocycles. The van der Waals surface area contributed by atoms with E-state index in [-0.39, 0.29) is 24.8 Å². The smallest absolute Gasteiger partial charge is 0.321 e. The van der Waals surface area contributed by atoms with Gasteiger partial charge in [0.2, 0.25) is 5.91 Å². The number of carbonyl (C=O) groups is 3. The first-order valence-corrected chi connectivity index (χ1v) is 6.88. The van der Waals surface area contributed by atoms with Crippen molar-refractivity contribution in [3.05, 3.63) is 0 Å². The van der Waals surface area contributed by atoms with E-state index in [9.17, 15) is 14.4 Å². The zero-order chi connectivity index (χ0) is 16.6. The van der Waals surface area contributed by atoms with Crippen molar-refractivity contribution in [2.75, 3.05) is 13.7 Å². The van der Waals surface area contributed by atoms with Crippen LogP contribution in [0.1, 0.15) is 40.5 Å². The largest absolute Gasteiger partial charge is 0.481 e. The summed E-state index contributed by atoms with van der Waals surface area (Å²) in [6, 6.07) is -0.795. The lowest BCUT2D eigenvalue weighted by atomic mass is 9.85. The molecule has 0 aromatic rings. The van der Waals surface area contributed by atoms with E-state index in [4.69, 9.17) is 9.84 Å². The Labute approximate surface area is 125 Å². The first-order valence-electron chi connectivity index (χ1n) is 6.88. The fraction of sp³-hybridized carbons (Fsp3) is 0.786. The van der Waals surface area contributed by atoms with Crippen LogP contribution in [-0.4, -0.2) is 42.8 Å². The third kappa shape index (κ3) is 9.01. The molecule has 0 saturated heterocycles. The lowest BCUT2D eigenvalue weighted by molar-refractivity contribution is -0.139. The van der Waals surface area contributed by atoms with Gasteiger partial charge in [-0.2, -0.15) is 0 Å². The normalized spacial score (nSPS) is 12.9. The zero-order valence-corrected chi connectivity index (χ0v) is 13.4. The molecule has 0 aliphatic rings. The maximum atomic E-state index is 11.8. The van der Waals surface area contributed by atoms with Crippen LogP contribution in [-0.2, 0) is 14.3 Å². The van der Waals surface area contributed by atoms with Crippen LogP contribution in [0.25, 0.3) is 0 Å². The molecule has 0 heterocycles. The van der Waals surface area contributed by atoms with Crippen molar-refractivity contribution in [2.24, 2.45) is 11.3 Å². The number of nitrogens with one attached hydrogen (secondary N) is 2. The number of carbonyl (C=O) groups excluding carboxylic acids is 2. The summed E-state index contributed by atoms with van der Waals surface area (Å²) in [4.78, 5) is 34.2. The molecule has 1 unspecified atom stereocenters. The summed E-state index contributed by atoms with van der Waals surface area (Å²) >= 11 is 0. The predicted molar refractivity (Wildman–Crippen MR) is 77.8 cm³/mol. The second-order valence-corrected chi connectivity index (χ2v) is 6.24. The van der Waals surface area contributed by atoms with E-state index in [0.29, 0.717) is 6.61 Å². The maximum absolute atomic E-state index is 11.8. The number of hydrogen-bond acceptors (Lipinski definition) is 4. The van der Waals surface area contributed by atoms with Crippen molar-refractivity contribution in [3.63, 3.8) is 0 Å². The Morgan fingerprint density at radius 3 is 2.19 bits per heavy atom. The van der Waals surface area contributed by atoms with Crippen molar-refractivity contribution < 1.29 is 24.2 Å². The van der Waals surface area contributed by atoms with E-state index in [1.165, 1.54) is 7.11 Å². The lowest BCUT2D eigenvalue weighted by Gasteiger charge is -2.23. The van der Waals surface area contributed by atoms with E-state index in [2.05, 4.69) is 10.6 Å². The molecule has 0 aromatic heterocycles. The molecule has 0 rings (SSSR count). The topological polar surface area (TPSA) is 105 Å². The Morgan fingerprint density at radius 2 is 1.76 bits per heavy atom. The van der Waals surface area contributed by atoms with Crippen LogP contribution in [0.15, 0.2) is 0 Å². The quantitative estimate of drug-likeness (QED) is 0.628. The predicted octanol–water partition coefficient (Wildman–Crippen LogP) is 1.37. The molecule has 0 aliphatic carbocycles. The van der Waals surface area contributed by atoms with Crippen LogP contribution in [0.3, 0.4) is 0 Å². The van der Waals surface area contributed by atoms with Crippen molar-refractivity contribution in [3.8, 4) is 0 Å². The molecule has 0 fully saturated rings. The third-order valence-electron chi connectivity index (χ3n) is 2.99. The van der Waals surface area contributed by atoms with Gasteiger partial charge in [-0.3, -0.25) is 14.9 Å². The second kappa shape index (κ2) is 8.61. The minimum atomic E-state index is -0.975. The highest BCUT2D eigenvalue weighted by molar-refractivity contribution is 5.94. The molecule has 0 bridgehead atoms. The average Bonchev–Trinajstić information content (AvgIpc) is 2.24. The second-order valence-electron chi connectivity index (χ2n) is 6.24. The molecule has 21 heavy (non-hydrogen) atoms. The fourth-order valence-electron chi connectivity index (χ4n) is 1.86. The van der Waals surface area contributed by atoms with E-state index in [1.54, 1.807) is 13.8 Å².